The number of anilines is 1. The number of nitrogens with zero attached hydrogens (tertiary/aromatic N) is 3. The van der Waals surface area contributed by atoms with Crippen LogP contribution in [0.3, 0.4) is 0 Å². The van der Waals surface area contributed by atoms with Crippen molar-refractivity contribution in [3.8, 4) is 16.9 Å². The Kier molecular flexibility index (Phi) is 4.63. The first-order chi connectivity index (χ1) is 13.1. The number of rotatable bonds is 4. The smallest absolute Gasteiger partial charge is 0.471 e. The van der Waals surface area contributed by atoms with E-state index in [9.17, 15) is 32.3 Å². The minimum absolute atomic E-state index is 0.0984. The van der Waals surface area contributed by atoms with Crippen LogP contribution in [0.2, 0.25) is 0 Å². The van der Waals surface area contributed by atoms with Crippen LogP contribution in [0.15, 0.2) is 30.3 Å². The number of pyridine rings is 1. The van der Waals surface area contributed by atoms with Crippen molar-refractivity contribution in [1.82, 2.24) is 14.6 Å². The van der Waals surface area contributed by atoms with Gasteiger partial charge < -0.3 is 9.84 Å². The van der Waals surface area contributed by atoms with Crippen LogP contribution in [0.4, 0.5) is 23.5 Å². The van der Waals surface area contributed by atoms with Gasteiger partial charge in [0.25, 0.3) is 0 Å². The summed E-state index contributed by atoms with van der Waals surface area (Å²) < 4.78 is 57.1. The van der Waals surface area contributed by atoms with Crippen LogP contribution in [0.5, 0.6) is 5.75 Å². The zero-order valence-electron chi connectivity index (χ0n) is 13.9. The van der Waals surface area contributed by atoms with E-state index in [4.69, 9.17) is 4.74 Å². The number of alkyl halides is 3. The van der Waals surface area contributed by atoms with Gasteiger partial charge >= 0.3 is 18.1 Å². The number of hydrogen-bond acceptors (Lipinski definition) is 5. The van der Waals surface area contributed by atoms with Crippen LogP contribution in [-0.4, -0.2) is 44.9 Å². The quantitative estimate of drug-likeness (QED) is 0.655. The molecule has 8 nitrogen and oxygen atoms in total. The molecule has 3 rings (SSSR count). The molecule has 0 fully saturated rings. The summed E-state index contributed by atoms with van der Waals surface area (Å²) in [5.74, 6) is -5.18. The number of hydrogen-bond donors (Lipinski definition) is 2. The monoisotopic (exact) mass is 398 g/mol. The van der Waals surface area contributed by atoms with Crippen LogP contribution >= 0.6 is 0 Å². The number of carboxylic acids is 1. The topological polar surface area (TPSA) is 106 Å². The number of methoxy groups -OCH3 is 1. The van der Waals surface area contributed by atoms with Crippen molar-refractivity contribution >= 4 is 23.5 Å². The third-order valence-corrected chi connectivity index (χ3v) is 3.65. The minimum atomic E-state index is -5.18. The number of ether oxygens (including phenoxy) is 1. The SMILES string of the molecule is COc1ccc(-c2ccc3nc(NC(=O)C(F)(F)F)nn3c2C(=O)O)c(F)c1. The van der Waals surface area contributed by atoms with Gasteiger partial charge in [-0.15, -0.1) is 5.10 Å². The third-order valence-electron chi connectivity index (χ3n) is 3.65. The Balaban J connectivity index is 2.14. The highest BCUT2D eigenvalue weighted by atomic mass is 19.4. The lowest BCUT2D eigenvalue weighted by atomic mass is 10.0. The average Bonchev–Trinajstić information content (AvgIpc) is 3.01. The highest BCUT2D eigenvalue weighted by Gasteiger charge is 2.39. The van der Waals surface area contributed by atoms with Gasteiger partial charge in [-0.1, -0.05) is 0 Å². The number of nitrogens with one attached hydrogen (secondary N) is 1. The van der Waals surface area contributed by atoms with Gasteiger partial charge in [-0.05, 0) is 24.3 Å². The molecule has 146 valence electrons. The van der Waals surface area contributed by atoms with E-state index in [0.717, 1.165) is 6.07 Å². The highest BCUT2D eigenvalue weighted by Crippen LogP contribution is 2.30. The molecule has 0 aliphatic rings. The summed E-state index contributed by atoms with van der Waals surface area (Å²) in [5.41, 5.74) is -0.913. The fourth-order valence-electron chi connectivity index (χ4n) is 2.44. The molecule has 0 saturated heterocycles. The van der Waals surface area contributed by atoms with Crippen molar-refractivity contribution in [3.05, 3.63) is 41.8 Å². The number of carbonyl (C=O) groups excluding carboxylic acids is 1. The molecule has 1 amide bonds. The van der Waals surface area contributed by atoms with Crippen molar-refractivity contribution in [1.29, 1.82) is 0 Å². The number of halogens is 4. The Morgan fingerprint density at radius 2 is 1.86 bits per heavy atom. The molecule has 2 aromatic heterocycles. The Bertz CT molecular complexity index is 1090. The summed E-state index contributed by atoms with van der Waals surface area (Å²) in [4.78, 5) is 26.4. The highest BCUT2D eigenvalue weighted by molar-refractivity contribution is 5.96. The third kappa shape index (κ3) is 3.43. The Labute approximate surface area is 153 Å². The van der Waals surface area contributed by atoms with E-state index in [2.05, 4.69) is 10.1 Å². The molecule has 2 heterocycles. The zero-order valence-corrected chi connectivity index (χ0v) is 13.9. The van der Waals surface area contributed by atoms with E-state index in [-0.39, 0.29) is 22.5 Å². The van der Waals surface area contributed by atoms with E-state index >= 15 is 0 Å². The molecular weight excluding hydrogens is 388 g/mol. The Morgan fingerprint density at radius 1 is 1.18 bits per heavy atom. The van der Waals surface area contributed by atoms with Crippen LogP contribution in [0.25, 0.3) is 16.8 Å². The summed E-state index contributed by atoms with van der Waals surface area (Å²) in [6.07, 6.45) is -5.18. The number of carboxylic acid groups (broad SMARTS) is 1. The number of amides is 1. The van der Waals surface area contributed by atoms with Crippen LogP contribution < -0.4 is 10.1 Å². The summed E-state index contributed by atoms with van der Waals surface area (Å²) in [7, 11) is 1.33. The predicted octanol–water partition coefficient (Wildman–Crippen LogP) is 2.74. The summed E-state index contributed by atoms with van der Waals surface area (Å²) >= 11 is 0. The van der Waals surface area contributed by atoms with Gasteiger partial charge in [0.05, 0.1) is 7.11 Å². The van der Waals surface area contributed by atoms with E-state index in [1.807, 2.05) is 0 Å². The first kappa shape index (κ1) is 19.1. The first-order valence-corrected chi connectivity index (χ1v) is 7.47. The maximum atomic E-state index is 14.4. The largest absolute Gasteiger partial charge is 0.497 e. The summed E-state index contributed by atoms with van der Waals surface area (Å²) in [6, 6.07) is 6.19. The van der Waals surface area contributed by atoms with Crippen LogP contribution in [0.1, 0.15) is 10.5 Å². The van der Waals surface area contributed by atoms with Gasteiger partial charge in [0, 0.05) is 17.2 Å². The number of fused-ring (bicyclic) bond motifs is 1. The summed E-state index contributed by atoms with van der Waals surface area (Å²) in [6.45, 7) is 0. The Hall–Kier alpha value is -3.70. The van der Waals surface area contributed by atoms with E-state index in [1.54, 1.807) is 0 Å². The molecule has 0 radical (unpaired) electrons. The maximum absolute atomic E-state index is 14.4. The van der Waals surface area contributed by atoms with Crippen molar-refractivity contribution < 1.29 is 37.0 Å². The lowest BCUT2D eigenvalue weighted by molar-refractivity contribution is -0.167. The minimum Gasteiger partial charge on any atom is -0.497 e. The van der Waals surface area contributed by atoms with Crippen molar-refractivity contribution in [2.75, 3.05) is 12.4 Å². The standard InChI is InChI=1S/C16H10F4N4O4/c1-28-7-2-3-8(10(17)6-7)9-4-5-11-21-15(22-14(27)16(18,19)20)23-24(11)12(9)13(25)26/h2-6H,1H3,(H,25,26)(H,22,23,27). The van der Waals surface area contributed by atoms with Crippen molar-refractivity contribution in [2.24, 2.45) is 0 Å². The molecule has 12 heteroatoms. The second-order valence-corrected chi connectivity index (χ2v) is 5.40. The van der Waals surface area contributed by atoms with Crippen LogP contribution in [-0.2, 0) is 4.79 Å². The van der Waals surface area contributed by atoms with Gasteiger partial charge in [0.15, 0.2) is 11.3 Å². The number of benzene rings is 1. The molecule has 0 saturated carbocycles. The summed E-state index contributed by atoms with van der Waals surface area (Å²) in [5, 5.41) is 14.5. The number of aromatic nitrogens is 3. The molecule has 0 unspecified atom stereocenters. The predicted molar refractivity (Wildman–Crippen MR) is 86.6 cm³/mol. The molecule has 0 bridgehead atoms. The molecule has 0 aliphatic carbocycles. The number of carbonyl (C=O) groups is 2. The Morgan fingerprint density at radius 3 is 2.43 bits per heavy atom. The fourth-order valence-corrected chi connectivity index (χ4v) is 2.44. The lowest BCUT2D eigenvalue weighted by Crippen LogP contribution is -2.30. The molecule has 3 aromatic rings. The molecular formula is C16H10F4N4O4. The van der Waals surface area contributed by atoms with Gasteiger partial charge in [0.2, 0.25) is 5.95 Å². The van der Waals surface area contributed by atoms with E-state index in [1.165, 1.54) is 36.7 Å². The molecule has 28 heavy (non-hydrogen) atoms. The maximum Gasteiger partial charge on any atom is 0.471 e. The second kappa shape index (κ2) is 6.79. The first-order valence-electron chi connectivity index (χ1n) is 7.47. The average molecular weight is 398 g/mol. The van der Waals surface area contributed by atoms with E-state index < -0.39 is 35.5 Å². The number of aromatic carboxylic acids is 1. The molecule has 2 N–H and O–H groups in total. The van der Waals surface area contributed by atoms with Gasteiger partial charge in [-0.3, -0.25) is 10.1 Å². The van der Waals surface area contributed by atoms with Crippen molar-refractivity contribution in [2.45, 2.75) is 6.18 Å². The molecule has 0 aliphatic heterocycles. The normalized spacial score (nSPS) is 11.5. The molecule has 1 aromatic carbocycles. The lowest BCUT2D eigenvalue weighted by Gasteiger charge is -2.10. The molecule has 0 atom stereocenters. The van der Waals surface area contributed by atoms with Gasteiger partial charge in [-0.2, -0.15) is 18.2 Å². The zero-order chi connectivity index (χ0) is 20.6. The van der Waals surface area contributed by atoms with Crippen molar-refractivity contribution in [3.63, 3.8) is 0 Å². The van der Waals surface area contributed by atoms with Gasteiger partial charge in [0.1, 0.15) is 11.6 Å². The van der Waals surface area contributed by atoms with Gasteiger partial charge in [-0.25, -0.2) is 13.7 Å². The fraction of sp³-hybridized carbons (Fsp3) is 0.125. The van der Waals surface area contributed by atoms with Crippen LogP contribution in [0, 0.1) is 5.82 Å². The molecule has 0 spiro atoms. The second-order valence-electron chi connectivity index (χ2n) is 5.40. The van der Waals surface area contributed by atoms with E-state index in [0.29, 0.717) is 4.52 Å².